The van der Waals surface area contributed by atoms with Crippen molar-refractivity contribution in [3.63, 3.8) is 0 Å². The van der Waals surface area contributed by atoms with Gasteiger partial charge in [-0.2, -0.15) is 0 Å². The number of nitrogens with one attached hydrogen (secondary N) is 1. The van der Waals surface area contributed by atoms with Crippen LogP contribution in [0.3, 0.4) is 0 Å². The van der Waals surface area contributed by atoms with Gasteiger partial charge in [-0.1, -0.05) is 37.3 Å². The average Bonchev–Trinajstić information content (AvgIpc) is 2.46. The van der Waals surface area contributed by atoms with E-state index in [4.69, 9.17) is 4.74 Å². The van der Waals surface area contributed by atoms with Crippen LogP contribution >= 0.6 is 0 Å². The maximum Gasteiger partial charge on any atom is 0.221 e. The predicted molar refractivity (Wildman–Crippen MR) is 79.4 cm³/mol. The van der Waals surface area contributed by atoms with E-state index >= 15 is 0 Å². The largest absolute Gasteiger partial charge is 0.473 e. The molecule has 0 unspecified atom stereocenters. The number of pyridine rings is 1. The van der Waals surface area contributed by atoms with Crippen LogP contribution in [-0.2, 0) is 6.54 Å². The molecule has 1 heterocycles. The highest BCUT2D eigenvalue weighted by molar-refractivity contribution is 5.89. The Morgan fingerprint density at radius 2 is 2.05 bits per heavy atom. The van der Waals surface area contributed by atoms with Gasteiger partial charge in [0.2, 0.25) is 5.88 Å². The van der Waals surface area contributed by atoms with Gasteiger partial charge in [0.25, 0.3) is 0 Å². The maximum absolute atomic E-state index is 5.70. The Labute approximate surface area is 114 Å². The second-order valence-electron chi connectivity index (χ2n) is 4.29. The molecule has 2 aromatic rings. The van der Waals surface area contributed by atoms with E-state index in [1.165, 1.54) is 10.9 Å². The topological polar surface area (TPSA) is 34.1 Å². The lowest BCUT2D eigenvalue weighted by Gasteiger charge is -2.10. The Bertz CT molecular complexity index is 564. The van der Waals surface area contributed by atoms with Gasteiger partial charge in [0, 0.05) is 18.1 Å². The molecular formula is C16H20N2O. The van der Waals surface area contributed by atoms with Gasteiger partial charge in [0.05, 0.1) is 0 Å². The minimum absolute atomic E-state index is 0.556. The van der Waals surface area contributed by atoms with Crippen LogP contribution < -0.4 is 10.1 Å². The van der Waals surface area contributed by atoms with E-state index in [-0.39, 0.29) is 0 Å². The molecule has 0 saturated carbocycles. The Balaban J connectivity index is 2.34. The first-order chi connectivity index (χ1) is 9.36. The Kier molecular flexibility index (Phi) is 4.93. The van der Waals surface area contributed by atoms with Gasteiger partial charge in [-0.05, 0) is 30.5 Å². The molecule has 0 atom stereocenters. The zero-order valence-corrected chi connectivity index (χ0v) is 11.5. The normalized spacial score (nSPS) is 11.3. The molecule has 1 N–H and O–H groups in total. The highest BCUT2D eigenvalue weighted by atomic mass is 16.5. The van der Waals surface area contributed by atoms with Gasteiger partial charge in [0.15, 0.2) is 0 Å². The van der Waals surface area contributed by atoms with Crippen LogP contribution in [0.5, 0.6) is 5.88 Å². The van der Waals surface area contributed by atoms with E-state index in [0.717, 1.165) is 18.5 Å². The lowest BCUT2D eigenvalue weighted by Crippen LogP contribution is -2.12. The molecule has 0 spiro atoms. The molecule has 0 amide bonds. The van der Waals surface area contributed by atoms with Crippen molar-refractivity contribution >= 4 is 10.8 Å². The van der Waals surface area contributed by atoms with Crippen molar-refractivity contribution in [2.75, 3.05) is 13.2 Å². The standard InChI is InChI=1S/C16H20N2O/c1-3-5-10-19-16-15-9-7-6-8-14(15)13(12-18-16)11-17-4-2/h3,5-9,12,17H,4,10-11H2,1-2H3/b5-3+. The second-order valence-corrected chi connectivity index (χ2v) is 4.29. The summed E-state index contributed by atoms with van der Waals surface area (Å²) in [4.78, 5) is 4.44. The third-order valence-corrected chi connectivity index (χ3v) is 2.96. The summed E-state index contributed by atoms with van der Waals surface area (Å²) in [5, 5.41) is 5.61. The molecule has 2 rings (SSSR count). The Morgan fingerprint density at radius 3 is 2.79 bits per heavy atom. The molecule has 0 saturated heterocycles. The van der Waals surface area contributed by atoms with Gasteiger partial charge in [-0.25, -0.2) is 4.98 Å². The van der Waals surface area contributed by atoms with Gasteiger partial charge >= 0.3 is 0 Å². The van der Waals surface area contributed by atoms with E-state index in [1.807, 2.05) is 37.4 Å². The number of hydrogen-bond acceptors (Lipinski definition) is 3. The fourth-order valence-corrected chi connectivity index (χ4v) is 1.96. The van der Waals surface area contributed by atoms with Crippen LogP contribution in [0, 0.1) is 0 Å². The molecule has 0 bridgehead atoms. The summed E-state index contributed by atoms with van der Waals surface area (Å²) >= 11 is 0. The molecule has 19 heavy (non-hydrogen) atoms. The first-order valence-corrected chi connectivity index (χ1v) is 6.68. The molecule has 0 aliphatic rings. The first kappa shape index (κ1) is 13.6. The van der Waals surface area contributed by atoms with Gasteiger partial charge < -0.3 is 10.1 Å². The van der Waals surface area contributed by atoms with E-state index in [0.29, 0.717) is 12.5 Å². The molecule has 3 heteroatoms. The Hall–Kier alpha value is -1.87. The summed E-state index contributed by atoms with van der Waals surface area (Å²) in [6.45, 7) is 6.42. The fourth-order valence-electron chi connectivity index (χ4n) is 1.96. The van der Waals surface area contributed by atoms with Crippen molar-refractivity contribution in [3.05, 3.63) is 48.2 Å². The molecule has 0 aliphatic carbocycles. The highest BCUT2D eigenvalue weighted by Gasteiger charge is 2.07. The molecule has 0 radical (unpaired) electrons. The minimum Gasteiger partial charge on any atom is -0.473 e. The minimum atomic E-state index is 0.556. The SMILES string of the molecule is C/C=C/COc1ncc(CNCC)c2ccccc12. The van der Waals surface area contributed by atoms with Crippen LogP contribution in [0.15, 0.2) is 42.6 Å². The van der Waals surface area contributed by atoms with Crippen LogP contribution in [0.2, 0.25) is 0 Å². The van der Waals surface area contributed by atoms with E-state index < -0.39 is 0 Å². The summed E-state index contributed by atoms with van der Waals surface area (Å²) in [6.07, 6.45) is 5.85. The summed E-state index contributed by atoms with van der Waals surface area (Å²) < 4.78 is 5.70. The zero-order chi connectivity index (χ0) is 13.5. The fraction of sp³-hybridized carbons (Fsp3) is 0.312. The molecule has 100 valence electrons. The second kappa shape index (κ2) is 6.90. The third kappa shape index (κ3) is 3.32. The monoisotopic (exact) mass is 256 g/mol. The summed E-state index contributed by atoms with van der Waals surface area (Å²) in [6, 6.07) is 8.24. The van der Waals surface area contributed by atoms with Crippen molar-refractivity contribution in [1.29, 1.82) is 0 Å². The number of benzene rings is 1. The summed E-state index contributed by atoms with van der Waals surface area (Å²) in [5.41, 5.74) is 1.20. The van der Waals surface area contributed by atoms with Crippen molar-refractivity contribution in [2.24, 2.45) is 0 Å². The maximum atomic E-state index is 5.70. The number of allylic oxidation sites excluding steroid dienone is 1. The molecule has 1 aromatic heterocycles. The van der Waals surface area contributed by atoms with Gasteiger partial charge in [-0.3, -0.25) is 0 Å². The van der Waals surface area contributed by atoms with Crippen molar-refractivity contribution in [1.82, 2.24) is 10.3 Å². The van der Waals surface area contributed by atoms with Crippen LogP contribution in [0.25, 0.3) is 10.8 Å². The van der Waals surface area contributed by atoms with E-state index in [1.54, 1.807) is 0 Å². The number of nitrogens with zero attached hydrogens (tertiary/aromatic N) is 1. The molecule has 0 aliphatic heterocycles. The van der Waals surface area contributed by atoms with Crippen molar-refractivity contribution < 1.29 is 4.74 Å². The first-order valence-electron chi connectivity index (χ1n) is 6.68. The molecular weight excluding hydrogens is 236 g/mol. The van der Waals surface area contributed by atoms with Crippen molar-refractivity contribution in [3.8, 4) is 5.88 Å². The number of fused-ring (bicyclic) bond motifs is 1. The Morgan fingerprint density at radius 1 is 1.26 bits per heavy atom. The highest BCUT2D eigenvalue weighted by Crippen LogP contribution is 2.26. The smallest absolute Gasteiger partial charge is 0.221 e. The van der Waals surface area contributed by atoms with E-state index in [9.17, 15) is 0 Å². The van der Waals surface area contributed by atoms with Crippen molar-refractivity contribution in [2.45, 2.75) is 20.4 Å². The number of hydrogen-bond donors (Lipinski definition) is 1. The number of rotatable bonds is 6. The van der Waals surface area contributed by atoms with Crippen LogP contribution in [0.4, 0.5) is 0 Å². The molecule has 3 nitrogen and oxygen atoms in total. The average molecular weight is 256 g/mol. The molecule has 0 fully saturated rings. The zero-order valence-electron chi connectivity index (χ0n) is 11.5. The quantitative estimate of drug-likeness (QED) is 0.805. The summed E-state index contributed by atoms with van der Waals surface area (Å²) in [7, 11) is 0. The van der Waals surface area contributed by atoms with Gasteiger partial charge in [0.1, 0.15) is 6.61 Å². The lowest BCUT2D eigenvalue weighted by atomic mass is 10.1. The third-order valence-electron chi connectivity index (χ3n) is 2.96. The van der Waals surface area contributed by atoms with E-state index in [2.05, 4.69) is 29.4 Å². The predicted octanol–water partition coefficient (Wildman–Crippen LogP) is 3.30. The number of ether oxygens (including phenoxy) is 1. The number of aromatic nitrogens is 1. The summed E-state index contributed by atoms with van der Waals surface area (Å²) in [5.74, 6) is 0.703. The molecule has 1 aromatic carbocycles. The van der Waals surface area contributed by atoms with Crippen LogP contribution in [-0.4, -0.2) is 18.1 Å². The van der Waals surface area contributed by atoms with Crippen LogP contribution in [0.1, 0.15) is 19.4 Å². The lowest BCUT2D eigenvalue weighted by molar-refractivity contribution is 0.353. The van der Waals surface area contributed by atoms with Gasteiger partial charge in [-0.15, -0.1) is 0 Å².